The first-order valence-electron chi connectivity index (χ1n) is 10.6. The summed E-state index contributed by atoms with van der Waals surface area (Å²) < 4.78 is 19.4. The van der Waals surface area contributed by atoms with Crippen molar-refractivity contribution in [2.24, 2.45) is 0 Å². The number of nitrogens with one attached hydrogen (secondary N) is 1. The van der Waals surface area contributed by atoms with Crippen molar-refractivity contribution in [3.63, 3.8) is 0 Å². The zero-order valence-electron chi connectivity index (χ0n) is 18.0. The Kier molecular flexibility index (Phi) is 5.81. The van der Waals surface area contributed by atoms with E-state index >= 15 is 0 Å². The molecule has 2 amide bonds. The van der Waals surface area contributed by atoms with Crippen molar-refractivity contribution < 1.29 is 18.7 Å². The zero-order chi connectivity index (χ0) is 23.7. The normalized spacial score (nSPS) is 12.9. The van der Waals surface area contributed by atoms with Crippen LogP contribution in [0, 0.1) is 5.82 Å². The van der Waals surface area contributed by atoms with E-state index < -0.39 is 11.7 Å². The molecule has 0 saturated carbocycles. The highest BCUT2D eigenvalue weighted by atomic mass is 32.1. The summed E-state index contributed by atoms with van der Waals surface area (Å²) in [5.74, 6) is -0.529. The summed E-state index contributed by atoms with van der Waals surface area (Å²) in [4.78, 5) is 37.6. The molecule has 1 aliphatic rings. The average molecular weight is 478 g/mol. The van der Waals surface area contributed by atoms with E-state index in [0.29, 0.717) is 30.9 Å². The number of nitrogen functional groups attached to an aromatic ring is 1. The maximum absolute atomic E-state index is 13.8. The maximum atomic E-state index is 13.8. The van der Waals surface area contributed by atoms with Gasteiger partial charge in [0, 0.05) is 11.4 Å². The second kappa shape index (κ2) is 9.06. The molecule has 0 bridgehead atoms. The number of anilines is 2. The number of hydrogen-bond donors (Lipinski definition) is 2. The first-order chi connectivity index (χ1) is 16.5. The fourth-order valence-electron chi connectivity index (χ4n) is 3.96. The van der Waals surface area contributed by atoms with Crippen LogP contribution in [0.15, 0.2) is 54.9 Å². The Balaban J connectivity index is 1.30. The van der Waals surface area contributed by atoms with Gasteiger partial charge in [0.05, 0.1) is 23.2 Å². The third-order valence-electron chi connectivity index (χ3n) is 5.58. The Morgan fingerprint density at radius 3 is 2.79 bits per heavy atom. The summed E-state index contributed by atoms with van der Waals surface area (Å²) in [6, 6.07) is 12.6. The smallest absolute Gasteiger partial charge is 0.262 e. The molecule has 0 atom stereocenters. The van der Waals surface area contributed by atoms with Gasteiger partial charge in [-0.1, -0.05) is 24.3 Å². The molecule has 4 aromatic rings. The number of thiophene rings is 1. The minimum atomic E-state index is -0.537. The number of rotatable bonds is 5. The molecule has 172 valence electrons. The number of amides is 2. The van der Waals surface area contributed by atoms with E-state index in [1.165, 1.54) is 35.9 Å². The van der Waals surface area contributed by atoms with Crippen molar-refractivity contribution in [3.05, 3.63) is 76.7 Å². The molecule has 2 aromatic heterocycles. The summed E-state index contributed by atoms with van der Waals surface area (Å²) in [6.07, 6.45) is 2.09. The van der Waals surface area contributed by atoms with Gasteiger partial charge in [-0.25, -0.2) is 14.4 Å². The second-order valence-electron chi connectivity index (χ2n) is 7.73. The molecule has 10 heteroatoms. The molecule has 0 aliphatic carbocycles. The maximum Gasteiger partial charge on any atom is 0.262 e. The molecular weight excluding hydrogens is 457 g/mol. The predicted molar refractivity (Wildman–Crippen MR) is 127 cm³/mol. The lowest BCUT2D eigenvalue weighted by molar-refractivity contribution is -0.118. The van der Waals surface area contributed by atoms with Gasteiger partial charge in [0.2, 0.25) is 0 Å². The Morgan fingerprint density at radius 2 is 1.94 bits per heavy atom. The van der Waals surface area contributed by atoms with Crippen LogP contribution < -0.4 is 15.8 Å². The number of halogens is 1. The van der Waals surface area contributed by atoms with Crippen LogP contribution in [0.5, 0.6) is 5.75 Å². The molecule has 0 radical (unpaired) electrons. The van der Waals surface area contributed by atoms with Crippen LogP contribution in [0.1, 0.15) is 20.8 Å². The van der Waals surface area contributed by atoms with E-state index in [1.807, 2.05) is 0 Å². The van der Waals surface area contributed by atoms with Gasteiger partial charge in [0.25, 0.3) is 11.8 Å². The lowest BCUT2D eigenvalue weighted by atomic mass is 10.0. The third-order valence-corrected chi connectivity index (χ3v) is 6.70. The average Bonchev–Trinajstić information content (AvgIpc) is 3.23. The van der Waals surface area contributed by atoms with Crippen LogP contribution in [-0.4, -0.2) is 39.8 Å². The van der Waals surface area contributed by atoms with Crippen molar-refractivity contribution in [1.82, 2.24) is 14.9 Å². The lowest BCUT2D eigenvalue weighted by Gasteiger charge is -2.27. The third kappa shape index (κ3) is 4.15. The second-order valence-corrected chi connectivity index (χ2v) is 8.82. The summed E-state index contributed by atoms with van der Waals surface area (Å²) in [5, 5.41) is 3.34. The first kappa shape index (κ1) is 21.8. The molecule has 0 fully saturated rings. The van der Waals surface area contributed by atoms with Crippen molar-refractivity contribution in [1.29, 1.82) is 0 Å². The highest BCUT2D eigenvalue weighted by molar-refractivity contribution is 7.19. The predicted octanol–water partition coefficient (Wildman–Crippen LogP) is 3.63. The molecule has 8 nitrogen and oxygen atoms in total. The molecule has 5 rings (SSSR count). The summed E-state index contributed by atoms with van der Waals surface area (Å²) in [7, 11) is 0. The van der Waals surface area contributed by atoms with Gasteiger partial charge in [0.1, 0.15) is 28.5 Å². The Bertz CT molecular complexity index is 1410. The SMILES string of the molecule is Nc1ncnc2sc3c(c12)CCN(C(=O)c1ccccc1OCC(=O)Nc1ccccc1F)C3. The van der Waals surface area contributed by atoms with Gasteiger partial charge in [-0.2, -0.15) is 0 Å². The molecule has 0 saturated heterocycles. The standard InChI is InChI=1S/C24H20FN5O3S/c25-16-6-2-3-7-17(16)29-20(31)12-33-18-8-4-1-5-14(18)24(32)30-10-9-15-19(11-30)34-23-21(15)22(26)27-13-28-23/h1-8,13H,9-12H2,(H,29,31)(H2,26,27,28). The van der Waals surface area contributed by atoms with Crippen molar-refractivity contribution >= 4 is 44.9 Å². The molecule has 3 heterocycles. The molecule has 3 N–H and O–H groups in total. The highest BCUT2D eigenvalue weighted by Crippen LogP contribution is 2.37. The number of nitrogens with zero attached hydrogens (tertiary/aromatic N) is 3. The minimum Gasteiger partial charge on any atom is -0.483 e. The van der Waals surface area contributed by atoms with E-state index in [2.05, 4.69) is 15.3 Å². The summed E-state index contributed by atoms with van der Waals surface area (Å²) in [5.41, 5.74) is 7.56. The minimum absolute atomic E-state index is 0.0678. The Morgan fingerprint density at radius 1 is 1.15 bits per heavy atom. The monoisotopic (exact) mass is 477 g/mol. The Labute approximate surface area is 198 Å². The van der Waals surface area contributed by atoms with E-state index in [-0.39, 0.29) is 24.0 Å². The quantitative estimate of drug-likeness (QED) is 0.454. The van der Waals surface area contributed by atoms with Crippen LogP contribution in [0.2, 0.25) is 0 Å². The van der Waals surface area contributed by atoms with Crippen LogP contribution in [0.3, 0.4) is 0 Å². The summed E-state index contributed by atoms with van der Waals surface area (Å²) in [6.45, 7) is 0.571. The van der Waals surface area contributed by atoms with Gasteiger partial charge < -0.3 is 20.7 Å². The summed E-state index contributed by atoms with van der Waals surface area (Å²) >= 11 is 1.51. The van der Waals surface area contributed by atoms with Gasteiger partial charge in [-0.05, 0) is 36.2 Å². The van der Waals surface area contributed by atoms with E-state index in [0.717, 1.165) is 20.7 Å². The number of carbonyl (C=O) groups is 2. The number of aromatic nitrogens is 2. The fourth-order valence-corrected chi connectivity index (χ4v) is 5.17. The number of benzene rings is 2. The van der Waals surface area contributed by atoms with E-state index in [9.17, 15) is 14.0 Å². The lowest BCUT2D eigenvalue weighted by Crippen LogP contribution is -2.35. The van der Waals surface area contributed by atoms with Crippen LogP contribution in [-0.2, 0) is 17.8 Å². The highest BCUT2D eigenvalue weighted by Gasteiger charge is 2.28. The molecule has 0 spiro atoms. The fraction of sp³-hybridized carbons (Fsp3) is 0.167. The van der Waals surface area contributed by atoms with E-state index in [4.69, 9.17) is 10.5 Å². The van der Waals surface area contributed by atoms with Crippen molar-refractivity contribution in [2.75, 3.05) is 24.2 Å². The van der Waals surface area contributed by atoms with Gasteiger partial charge in [-0.3, -0.25) is 9.59 Å². The van der Waals surface area contributed by atoms with Crippen molar-refractivity contribution in [3.8, 4) is 5.75 Å². The van der Waals surface area contributed by atoms with Crippen LogP contribution in [0.4, 0.5) is 15.9 Å². The first-order valence-corrected chi connectivity index (χ1v) is 11.4. The zero-order valence-corrected chi connectivity index (χ0v) is 18.8. The van der Waals surface area contributed by atoms with Gasteiger partial charge in [0.15, 0.2) is 6.61 Å². The molecule has 0 unspecified atom stereocenters. The van der Waals surface area contributed by atoms with E-state index in [1.54, 1.807) is 35.2 Å². The molecule has 1 aliphatic heterocycles. The van der Waals surface area contributed by atoms with Crippen LogP contribution >= 0.6 is 11.3 Å². The topological polar surface area (TPSA) is 110 Å². The molecule has 2 aromatic carbocycles. The van der Waals surface area contributed by atoms with Crippen LogP contribution in [0.25, 0.3) is 10.2 Å². The van der Waals surface area contributed by atoms with Gasteiger partial charge in [-0.15, -0.1) is 11.3 Å². The largest absolute Gasteiger partial charge is 0.483 e. The van der Waals surface area contributed by atoms with Gasteiger partial charge >= 0.3 is 0 Å². The number of nitrogens with two attached hydrogens (primary N) is 1. The number of carbonyl (C=O) groups excluding carboxylic acids is 2. The number of fused-ring (bicyclic) bond motifs is 3. The Hall–Kier alpha value is -4.05. The van der Waals surface area contributed by atoms with Crippen molar-refractivity contribution in [2.45, 2.75) is 13.0 Å². The number of ether oxygens (including phenoxy) is 1. The number of hydrogen-bond acceptors (Lipinski definition) is 7. The molecular formula is C24H20FN5O3S. The molecule has 34 heavy (non-hydrogen) atoms. The number of para-hydroxylation sites is 2.